The molecule has 2 aromatic heterocycles. The number of fused-ring (bicyclic) bond motifs is 2. The second-order valence-corrected chi connectivity index (χ2v) is 7.73. The lowest BCUT2D eigenvalue weighted by Crippen LogP contribution is -2.38. The molecule has 0 atom stereocenters. The Bertz CT molecular complexity index is 1070. The predicted octanol–water partition coefficient (Wildman–Crippen LogP) is 1.82. The molecule has 1 aromatic carbocycles. The summed E-state index contributed by atoms with van der Waals surface area (Å²) in [5, 5.41) is 9.77. The minimum absolute atomic E-state index is 0.107. The molecular formula is C20H18N4O4S. The lowest BCUT2D eigenvalue weighted by Gasteiger charge is -2.26. The van der Waals surface area contributed by atoms with Gasteiger partial charge in [-0.2, -0.15) is 0 Å². The van der Waals surface area contributed by atoms with Crippen molar-refractivity contribution in [3.63, 3.8) is 0 Å². The number of hydrogen-bond donors (Lipinski definition) is 0. The van der Waals surface area contributed by atoms with Gasteiger partial charge in [0, 0.05) is 25.2 Å². The van der Waals surface area contributed by atoms with E-state index in [9.17, 15) is 9.59 Å². The Hall–Kier alpha value is -2.88. The molecule has 0 bridgehead atoms. The molecule has 3 heterocycles. The first-order chi connectivity index (χ1) is 14.2. The number of benzene rings is 1. The van der Waals surface area contributed by atoms with Crippen molar-refractivity contribution in [2.24, 2.45) is 0 Å². The number of aromatic nitrogens is 3. The number of rotatable bonds is 5. The van der Waals surface area contributed by atoms with E-state index in [4.69, 9.17) is 9.47 Å². The van der Waals surface area contributed by atoms with E-state index in [0.717, 1.165) is 38.6 Å². The Morgan fingerprint density at radius 2 is 1.86 bits per heavy atom. The third-order valence-electron chi connectivity index (χ3n) is 5.08. The maximum absolute atomic E-state index is 12.8. The first kappa shape index (κ1) is 18.2. The van der Waals surface area contributed by atoms with Gasteiger partial charge in [-0.25, -0.2) is 4.68 Å². The summed E-state index contributed by atoms with van der Waals surface area (Å²) < 4.78 is 12.6. The number of hydrogen-bond acceptors (Lipinski definition) is 8. The van der Waals surface area contributed by atoms with Gasteiger partial charge in [0.1, 0.15) is 18.1 Å². The van der Waals surface area contributed by atoms with Gasteiger partial charge in [-0.1, -0.05) is 5.21 Å². The first-order valence-electron chi connectivity index (χ1n) is 9.38. The van der Waals surface area contributed by atoms with Crippen molar-refractivity contribution in [2.75, 3.05) is 39.5 Å². The zero-order valence-electron chi connectivity index (χ0n) is 15.5. The van der Waals surface area contributed by atoms with Crippen molar-refractivity contribution >= 4 is 22.9 Å². The summed E-state index contributed by atoms with van der Waals surface area (Å²) in [5.41, 5.74) is 1.39. The average molecular weight is 410 g/mol. The molecule has 1 aliphatic carbocycles. The van der Waals surface area contributed by atoms with E-state index in [1.165, 1.54) is 16.0 Å². The summed E-state index contributed by atoms with van der Waals surface area (Å²) in [7, 11) is 0. The molecule has 1 saturated heterocycles. The largest absolute Gasteiger partial charge is 0.492 e. The molecule has 2 aliphatic rings. The molecule has 8 nitrogen and oxygen atoms in total. The van der Waals surface area contributed by atoms with Crippen molar-refractivity contribution in [1.82, 2.24) is 19.9 Å². The van der Waals surface area contributed by atoms with Crippen LogP contribution in [-0.4, -0.2) is 70.9 Å². The van der Waals surface area contributed by atoms with Crippen LogP contribution in [0.25, 0.3) is 5.69 Å². The SMILES string of the molecule is O=C1c2nnn(-c3ccc(OCCN4CCOCC4)cc3)c2C(=O)c2ccsc21. The number of nitrogens with zero attached hydrogens (tertiary/aromatic N) is 4. The number of carbonyl (C=O) groups excluding carboxylic acids is 2. The van der Waals surface area contributed by atoms with Crippen LogP contribution in [0.1, 0.15) is 31.4 Å². The number of ketones is 2. The zero-order valence-corrected chi connectivity index (χ0v) is 16.4. The summed E-state index contributed by atoms with van der Waals surface area (Å²) in [4.78, 5) is 28.2. The molecule has 0 N–H and O–H groups in total. The summed E-state index contributed by atoms with van der Waals surface area (Å²) >= 11 is 1.25. The summed E-state index contributed by atoms with van der Waals surface area (Å²) in [6, 6.07) is 8.94. The van der Waals surface area contributed by atoms with Crippen LogP contribution in [0.2, 0.25) is 0 Å². The monoisotopic (exact) mass is 410 g/mol. The fourth-order valence-corrected chi connectivity index (χ4v) is 4.35. The zero-order chi connectivity index (χ0) is 19.8. The van der Waals surface area contributed by atoms with Gasteiger partial charge in [0.05, 0.1) is 23.8 Å². The van der Waals surface area contributed by atoms with E-state index >= 15 is 0 Å². The molecule has 0 unspecified atom stereocenters. The van der Waals surface area contributed by atoms with E-state index in [1.54, 1.807) is 23.6 Å². The molecule has 1 aliphatic heterocycles. The van der Waals surface area contributed by atoms with Gasteiger partial charge in [-0.05, 0) is 35.7 Å². The Morgan fingerprint density at radius 3 is 2.66 bits per heavy atom. The molecule has 1 fully saturated rings. The minimum atomic E-state index is -0.251. The van der Waals surface area contributed by atoms with Crippen LogP contribution in [0.5, 0.6) is 5.75 Å². The number of thiophene rings is 1. The minimum Gasteiger partial charge on any atom is -0.492 e. The van der Waals surface area contributed by atoms with Gasteiger partial charge in [-0.3, -0.25) is 14.5 Å². The van der Waals surface area contributed by atoms with Crippen molar-refractivity contribution in [1.29, 1.82) is 0 Å². The van der Waals surface area contributed by atoms with E-state index in [1.807, 2.05) is 12.1 Å². The van der Waals surface area contributed by atoms with Gasteiger partial charge >= 0.3 is 0 Å². The normalized spacial score (nSPS) is 16.6. The van der Waals surface area contributed by atoms with E-state index in [-0.39, 0.29) is 23.0 Å². The Kier molecular flexibility index (Phi) is 4.70. The Labute approximate surface area is 170 Å². The maximum Gasteiger partial charge on any atom is 0.226 e. The highest BCUT2D eigenvalue weighted by atomic mass is 32.1. The number of morpholine rings is 1. The maximum atomic E-state index is 12.8. The Balaban J connectivity index is 1.31. The Morgan fingerprint density at radius 1 is 1.07 bits per heavy atom. The molecule has 148 valence electrons. The van der Waals surface area contributed by atoms with Crippen LogP contribution in [0.15, 0.2) is 35.7 Å². The van der Waals surface area contributed by atoms with Crippen molar-refractivity contribution in [3.05, 3.63) is 57.5 Å². The van der Waals surface area contributed by atoms with Gasteiger partial charge in [-0.15, -0.1) is 16.4 Å². The van der Waals surface area contributed by atoms with Gasteiger partial charge < -0.3 is 9.47 Å². The quantitative estimate of drug-likeness (QED) is 0.496. The van der Waals surface area contributed by atoms with E-state index in [0.29, 0.717) is 22.7 Å². The highest BCUT2D eigenvalue weighted by Crippen LogP contribution is 2.30. The van der Waals surface area contributed by atoms with Crippen molar-refractivity contribution in [2.45, 2.75) is 0 Å². The highest BCUT2D eigenvalue weighted by molar-refractivity contribution is 7.12. The third-order valence-corrected chi connectivity index (χ3v) is 5.99. The summed E-state index contributed by atoms with van der Waals surface area (Å²) in [5.74, 6) is 0.254. The smallest absolute Gasteiger partial charge is 0.226 e. The van der Waals surface area contributed by atoms with Gasteiger partial charge in [0.15, 0.2) is 5.69 Å². The lowest BCUT2D eigenvalue weighted by molar-refractivity contribution is 0.0322. The molecule has 3 aromatic rings. The molecule has 0 saturated carbocycles. The standard InChI is InChI=1S/C20H18N4O4S/c25-18-15-5-12-29-20(15)19(26)16-17(18)24(22-21-16)13-1-3-14(4-2-13)28-11-8-23-6-9-27-10-7-23/h1-5,12H,6-11H2. The van der Waals surface area contributed by atoms with E-state index < -0.39 is 0 Å². The second kappa shape index (κ2) is 7.51. The van der Waals surface area contributed by atoms with Crippen LogP contribution in [-0.2, 0) is 4.74 Å². The van der Waals surface area contributed by atoms with Crippen LogP contribution in [0, 0.1) is 0 Å². The molecule has 9 heteroatoms. The van der Waals surface area contributed by atoms with Crippen LogP contribution in [0.3, 0.4) is 0 Å². The topological polar surface area (TPSA) is 86.6 Å². The average Bonchev–Trinajstić information content (AvgIpc) is 3.42. The fourth-order valence-electron chi connectivity index (χ4n) is 3.52. The number of ether oxygens (including phenoxy) is 2. The second-order valence-electron chi connectivity index (χ2n) is 6.82. The van der Waals surface area contributed by atoms with Crippen LogP contribution < -0.4 is 4.74 Å². The van der Waals surface area contributed by atoms with Crippen molar-refractivity contribution < 1.29 is 19.1 Å². The van der Waals surface area contributed by atoms with Crippen LogP contribution in [0.4, 0.5) is 0 Å². The van der Waals surface area contributed by atoms with Gasteiger partial charge in [0.2, 0.25) is 11.6 Å². The van der Waals surface area contributed by atoms with E-state index in [2.05, 4.69) is 15.2 Å². The molecular weight excluding hydrogens is 392 g/mol. The third kappa shape index (κ3) is 3.27. The fraction of sp³-hybridized carbons (Fsp3) is 0.300. The van der Waals surface area contributed by atoms with Gasteiger partial charge in [0.25, 0.3) is 0 Å². The predicted molar refractivity (Wildman–Crippen MR) is 105 cm³/mol. The number of carbonyl (C=O) groups is 2. The summed E-state index contributed by atoms with van der Waals surface area (Å²) in [6.45, 7) is 4.83. The van der Waals surface area contributed by atoms with Crippen molar-refractivity contribution in [3.8, 4) is 11.4 Å². The summed E-state index contributed by atoms with van der Waals surface area (Å²) in [6.07, 6.45) is 0. The molecule has 0 radical (unpaired) electrons. The first-order valence-corrected chi connectivity index (χ1v) is 10.3. The molecule has 0 amide bonds. The molecule has 0 spiro atoms. The molecule has 29 heavy (non-hydrogen) atoms. The molecule has 5 rings (SSSR count). The highest BCUT2D eigenvalue weighted by Gasteiger charge is 2.36. The lowest BCUT2D eigenvalue weighted by atomic mass is 9.97. The van der Waals surface area contributed by atoms with Crippen LogP contribution >= 0.6 is 11.3 Å².